The minimum Gasteiger partial charge on any atom is -0.481 e. The monoisotopic (exact) mass is 414 g/mol. The summed E-state index contributed by atoms with van der Waals surface area (Å²) < 4.78 is 0. The minimum atomic E-state index is -0.955. The van der Waals surface area contributed by atoms with E-state index in [0.717, 1.165) is 12.8 Å². The highest BCUT2D eigenvalue weighted by molar-refractivity contribution is 5.72. The van der Waals surface area contributed by atoms with Gasteiger partial charge in [-0.05, 0) is 51.5 Å². The Morgan fingerprint density at radius 2 is 1.28 bits per heavy atom. The van der Waals surface area contributed by atoms with Crippen LogP contribution in [0.5, 0.6) is 0 Å². The molecule has 0 aromatic carbocycles. The van der Waals surface area contributed by atoms with Crippen molar-refractivity contribution in [3.63, 3.8) is 0 Å². The van der Waals surface area contributed by atoms with E-state index in [9.17, 15) is 9.59 Å². The van der Waals surface area contributed by atoms with Crippen LogP contribution in [-0.4, -0.2) is 34.7 Å². The van der Waals surface area contributed by atoms with Crippen molar-refractivity contribution in [2.24, 2.45) is 11.5 Å². The molecule has 1 unspecified atom stereocenters. The van der Waals surface area contributed by atoms with Crippen LogP contribution in [0.4, 0.5) is 0 Å². The van der Waals surface area contributed by atoms with Crippen molar-refractivity contribution in [1.29, 1.82) is 0 Å². The Hall–Kier alpha value is -1.40. The van der Waals surface area contributed by atoms with Crippen molar-refractivity contribution in [3.05, 3.63) is 12.2 Å². The lowest BCUT2D eigenvalue weighted by Gasteiger charge is -2.02. The van der Waals surface area contributed by atoms with Crippen LogP contribution in [0.3, 0.4) is 0 Å². The Morgan fingerprint density at radius 1 is 0.793 bits per heavy atom. The third kappa shape index (κ3) is 28.9. The average molecular weight is 415 g/mol. The van der Waals surface area contributed by atoms with E-state index in [-0.39, 0.29) is 0 Å². The summed E-state index contributed by atoms with van der Waals surface area (Å²) in [6, 6.07) is -0.742. The molecule has 0 aromatic rings. The highest BCUT2D eigenvalue weighted by Crippen LogP contribution is 2.09. The summed E-state index contributed by atoms with van der Waals surface area (Å²) in [6.45, 7) is 2.76. The Kier molecular flexibility index (Phi) is 25.3. The first-order chi connectivity index (χ1) is 14.0. The van der Waals surface area contributed by atoms with Gasteiger partial charge in [-0.2, -0.15) is 0 Å². The fourth-order valence-electron chi connectivity index (χ4n) is 2.81. The van der Waals surface area contributed by atoms with Crippen LogP contribution in [0.1, 0.15) is 110 Å². The van der Waals surface area contributed by atoms with Gasteiger partial charge in [0.05, 0.1) is 0 Å². The number of carboxylic acid groups (broad SMARTS) is 2. The minimum absolute atomic E-state index is 0.332. The SMILES string of the molecule is CCCCCCCC/C=C\CCCCCCCC(=O)O.NCCCC(N)C(=O)O. The summed E-state index contributed by atoms with van der Waals surface area (Å²) in [6.07, 6.45) is 22.4. The van der Waals surface area contributed by atoms with Crippen LogP contribution in [-0.2, 0) is 9.59 Å². The zero-order valence-corrected chi connectivity index (χ0v) is 18.6. The molecule has 0 aliphatic carbocycles. The molecular formula is C23H46N2O4. The van der Waals surface area contributed by atoms with Crippen LogP contribution < -0.4 is 11.5 Å². The van der Waals surface area contributed by atoms with Gasteiger partial charge in [-0.1, -0.05) is 70.4 Å². The van der Waals surface area contributed by atoms with E-state index in [1.807, 2.05) is 0 Å². The number of aliphatic carboxylic acids is 2. The molecule has 0 amide bonds. The fourth-order valence-corrected chi connectivity index (χ4v) is 2.81. The largest absolute Gasteiger partial charge is 0.481 e. The average Bonchev–Trinajstić information content (AvgIpc) is 2.69. The summed E-state index contributed by atoms with van der Waals surface area (Å²) in [7, 11) is 0. The molecule has 0 aliphatic heterocycles. The maximum absolute atomic E-state index is 10.3. The van der Waals surface area contributed by atoms with Crippen LogP contribution in [0, 0.1) is 0 Å². The van der Waals surface area contributed by atoms with Crippen LogP contribution >= 0.6 is 0 Å². The molecule has 0 aliphatic rings. The van der Waals surface area contributed by atoms with Gasteiger partial charge in [-0.15, -0.1) is 0 Å². The number of unbranched alkanes of at least 4 members (excludes halogenated alkanes) is 11. The zero-order chi connectivity index (χ0) is 22.2. The van der Waals surface area contributed by atoms with Gasteiger partial charge in [0.2, 0.25) is 0 Å². The van der Waals surface area contributed by atoms with Crippen molar-refractivity contribution < 1.29 is 19.8 Å². The van der Waals surface area contributed by atoms with Gasteiger partial charge in [0.15, 0.2) is 0 Å². The second-order valence-corrected chi connectivity index (χ2v) is 7.60. The number of hydrogen-bond donors (Lipinski definition) is 4. The van der Waals surface area contributed by atoms with Gasteiger partial charge < -0.3 is 21.7 Å². The maximum Gasteiger partial charge on any atom is 0.320 e. The number of rotatable bonds is 19. The Bertz CT molecular complexity index is 400. The molecule has 0 radical (unpaired) electrons. The van der Waals surface area contributed by atoms with E-state index in [1.165, 1.54) is 70.6 Å². The maximum atomic E-state index is 10.3. The topological polar surface area (TPSA) is 127 Å². The summed E-state index contributed by atoms with van der Waals surface area (Å²) in [5.74, 6) is -1.62. The molecule has 0 saturated heterocycles. The first-order valence-corrected chi connectivity index (χ1v) is 11.5. The van der Waals surface area contributed by atoms with Crippen LogP contribution in [0.2, 0.25) is 0 Å². The zero-order valence-electron chi connectivity index (χ0n) is 18.6. The summed E-state index contributed by atoms with van der Waals surface area (Å²) in [5, 5.41) is 16.8. The van der Waals surface area contributed by atoms with Crippen molar-refractivity contribution >= 4 is 11.9 Å². The molecule has 0 rings (SSSR count). The lowest BCUT2D eigenvalue weighted by molar-refractivity contribution is -0.139. The third-order valence-corrected chi connectivity index (χ3v) is 4.69. The van der Waals surface area contributed by atoms with Crippen molar-refractivity contribution in [2.75, 3.05) is 6.54 Å². The standard InChI is InChI=1S/C18H34O2.C5H12N2O2/c1-2-3-4-5-6-7-8-9-10-11-12-13-14-15-16-17-18(19)20;6-3-1-2-4(7)5(8)9/h9-10H,2-8,11-17H2,1H3,(H,19,20);4H,1-3,6-7H2,(H,8,9)/b10-9-;. The van der Waals surface area contributed by atoms with Gasteiger partial charge in [0.25, 0.3) is 0 Å². The second kappa shape index (κ2) is 24.6. The molecule has 172 valence electrons. The van der Waals surface area contributed by atoms with E-state index in [0.29, 0.717) is 25.8 Å². The molecule has 0 spiro atoms. The molecule has 0 bridgehead atoms. The highest BCUT2D eigenvalue weighted by atomic mass is 16.4. The number of carbonyl (C=O) groups is 2. The fraction of sp³-hybridized carbons (Fsp3) is 0.826. The Balaban J connectivity index is 0. The van der Waals surface area contributed by atoms with E-state index < -0.39 is 18.0 Å². The van der Waals surface area contributed by atoms with Gasteiger partial charge in [-0.3, -0.25) is 9.59 Å². The lowest BCUT2D eigenvalue weighted by Crippen LogP contribution is -2.30. The smallest absolute Gasteiger partial charge is 0.320 e. The normalized spacial score (nSPS) is 11.8. The molecule has 0 aromatic heterocycles. The number of allylic oxidation sites excluding steroid dienone is 2. The first-order valence-electron chi connectivity index (χ1n) is 11.5. The summed E-state index contributed by atoms with van der Waals surface area (Å²) >= 11 is 0. The van der Waals surface area contributed by atoms with Crippen LogP contribution in [0.15, 0.2) is 12.2 Å². The predicted octanol–water partition coefficient (Wildman–Crippen LogP) is 5.25. The van der Waals surface area contributed by atoms with E-state index in [1.54, 1.807) is 0 Å². The molecule has 0 fully saturated rings. The first kappa shape index (κ1) is 29.8. The lowest BCUT2D eigenvalue weighted by atomic mass is 10.1. The number of carboxylic acids is 2. The highest BCUT2D eigenvalue weighted by Gasteiger charge is 2.08. The quantitative estimate of drug-likeness (QED) is 0.169. The third-order valence-electron chi connectivity index (χ3n) is 4.69. The van der Waals surface area contributed by atoms with Crippen molar-refractivity contribution in [1.82, 2.24) is 0 Å². The van der Waals surface area contributed by atoms with E-state index in [2.05, 4.69) is 19.1 Å². The molecule has 1 atom stereocenters. The van der Waals surface area contributed by atoms with E-state index >= 15 is 0 Å². The summed E-state index contributed by atoms with van der Waals surface area (Å²) in [5.41, 5.74) is 10.3. The molecular weight excluding hydrogens is 368 g/mol. The summed E-state index contributed by atoms with van der Waals surface area (Å²) in [4.78, 5) is 20.4. The molecule has 0 saturated carbocycles. The molecule has 6 N–H and O–H groups in total. The molecule has 0 heterocycles. The number of nitrogens with two attached hydrogens (primary N) is 2. The van der Waals surface area contributed by atoms with Gasteiger partial charge in [-0.25, -0.2) is 0 Å². The molecule has 6 nitrogen and oxygen atoms in total. The number of hydrogen-bond acceptors (Lipinski definition) is 4. The van der Waals surface area contributed by atoms with Crippen molar-refractivity contribution in [3.8, 4) is 0 Å². The van der Waals surface area contributed by atoms with Gasteiger partial charge >= 0.3 is 11.9 Å². The van der Waals surface area contributed by atoms with Gasteiger partial charge in [0, 0.05) is 6.42 Å². The van der Waals surface area contributed by atoms with Gasteiger partial charge in [0.1, 0.15) is 6.04 Å². The molecule has 6 heteroatoms. The second-order valence-electron chi connectivity index (χ2n) is 7.60. The van der Waals surface area contributed by atoms with Crippen LogP contribution in [0.25, 0.3) is 0 Å². The Morgan fingerprint density at radius 3 is 1.72 bits per heavy atom. The molecule has 29 heavy (non-hydrogen) atoms. The van der Waals surface area contributed by atoms with Crippen molar-refractivity contribution in [2.45, 2.75) is 116 Å². The predicted molar refractivity (Wildman–Crippen MR) is 121 cm³/mol. The van der Waals surface area contributed by atoms with E-state index in [4.69, 9.17) is 21.7 Å². The Labute approximate surface area is 178 Å².